The second-order valence-corrected chi connectivity index (χ2v) is 15.4. The number of carbonyl (C=O) groups excluding carboxylic acids is 3. The summed E-state index contributed by atoms with van der Waals surface area (Å²) in [5.41, 5.74) is 0. The molecule has 0 saturated heterocycles. The highest BCUT2D eigenvalue weighted by molar-refractivity contribution is 5.71. The number of ether oxygens (including phenoxy) is 3. The third-order valence-electron chi connectivity index (χ3n) is 9.57. The molecule has 0 aromatic heterocycles. The van der Waals surface area contributed by atoms with Crippen LogP contribution in [-0.4, -0.2) is 37.2 Å². The maximum atomic E-state index is 12.8. The van der Waals surface area contributed by atoms with Gasteiger partial charge in [-0.15, -0.1) is 0 Å². The third kappa shape index (κ3) is 46.6. The first kappa shape index (κ1) is 57.5. The van der Waals surface area contributed by atoms with Crippen LogP contribution in [0.1, 0.15) is 181 Å². The van der Waals surface area contributed by atoms with Crippen molar-refractivity contribution in [3.63, 3.8) is 0 Å². The van der Waals surface area contributed by atoms with Crippen LogP contribution in [0.5, 0.6) is 0 Å². The first-order valence-corrected chi connectivity index (χ1v) is 24.3. The molecule has 0 heterocycles. The van der Waals surface area contributed by atoms with Gasteiger partial charge >= 0.3 is 17.9 Å². The van der Waals surface area contributed by atoms with E-state index in [4.69, 9.17) is 14.2 Å². The molecule has 0 aliphatic carbocycles. The van der Waals surface area contributed by atoms with E-state index in [-0.39, 0.29) is 37.5 Å². The average molecular weight is 855 g/mol. The number of esters is 3. The van der Waals surface area contributed by atoms with Gasteiger partial charge in [-0.1, -0.05) is 212 Å². The van der Waals surface area contributed by atoms with Gasteiger partial charge in [-0.25, -0.2) is 0 Å². The van der Waals surface area contributed by atoms with Crippen molar-refractivity contribution in [2.24, 2.45) is 0 Å². The minimum Gasteiger partial charge on any atom is -0.462 e. The van der Waals surface area contributed by atoms with E-state index in [0.717, 1.165) is 103 Å². The number of hydrogen-bond donors (Lipinski definition) is 0. The van der Waals surface area contributed by atoms with Gasteiger partial charge in [0.25, 0.3) is 0 Å². The first-order valence-electron chi connectivity index (χ1n) is 24.3. The van der Waals surface area contributed by atoms with Crippen LogP contribution < -0.4 is 0 Å². The van der Waals surface area contributed by atoms with E-state index in [2.05, 4.69) is 99.8 Å². The fourth-order valence-electron chi connectivity index (χ4n) is 6.01. The van der Waals surface area contributed by atoms with Crippen LogP contribution in [0.4, 0.5) is 0 Å². The van der Waals surface area contributed by atoms with Gasteiger partial charge in [0.05, 0.1) is 0 Å². The summed E-state index contributed by atoms with van der Waals surface area (Å²) in [5, 5.41) is 0. The average Bonchev–Trinajstić information content (AvgIpc) is 3.27. The fourth-order valence-corrected chi connectivity index (χ4v) is 6.01. The first-order chi connectivity index (χ1) is 30.5. The van der Waals surface area contributed by atoms with E-state index in [9.17, 15) is 14.4 Å². The molecule has 1 atom stereocenters. The SMILES string of the molecule is CC\C=C/C=C\C=C/C=C\C=C/CCCC(=O)OCC(COC(=O)CCCCCCCC/C=C\C/C=C\C/C=C\CC)OC(=O)CCCCCCCCC\C=C/C=C\C=C/CC. The topological polar surface area (TPSA) is 78.9 Å². The number of rotatable bonds is 41. The Balaban J connectivity index is 4.55. The Morgan fingerprint density at radius 1 is 0.339 bits per heavy atom. The minimum atomic E-state index is -0.823. The van der Waals surface area contributed by atoms with Crippen LogP contribution in [0.25, 0.3) is 0 Å². The summed E-state index contributed by atoms with van der Waals surface area (Å²) >= 11 is 0. The van der Waals surface area contributed by atoms with Crippen molar-refractivity contribution in [2.75, 3.05) is 13.2 Å². The monoisotopic (exact) mass is 855 g/mol. The molecule has 0 radical (unpaired) electrons. The number of hydrogen-bond acceptors (Lipinski definition) is 6. The molecule has 0 fully saturated rings. The van der Waals surface area contributed by atoms with E-state index >= 15 is 0 Å². The van der Waals surface area contributed by atoms with Gasteiger partial charge in [-0.05, 0) is 83.5 Å². The molecule has 0 aromatic rings. The highest BCUT2D eigenvalue weighted by atomic mass is 16.6. The Labute approximate surface area is 379 Å². The van der Waals surface area contributed by atoms with Crippen LogP contribution >= 0.6 is 0 Å². The largest absolute Gasteiger partial charge is 0.462 e. The van der Waals surface area contributed by atoms with Gasteiger partial charge < -0.3 is 14.2 Å². The van der Waals surface area contributed by atoms with E-state index in [0.29, 0.717) is 19.3 Å². The minimum absolute atomic E-state index is 0.118. The molecule has 0 bridgehead atoms. The highest BCUT2D eigenvalue weighted by Gasteiger charge is 2.19. The van der Waals surface area contributed by atoms with Gasteiger partial charge in [-0.2, -0.15) is 0 Å². The molecule has 0 amide bonds. The van der Waals surface area contributed by atoms with Gasteiger partial charge in [0.15, 0.2) is 6.10 Å². The van der Waals surface area contributed by atoms with E-state index in [1.165, 1.54) is 32.1 Å². The van der Waals surface area contributed by atoms with Gasteiger partial charge in [0, 0.05) is 19.3 Å². The second-order valence-electron chi connectivity index (χ2n) is 15.4. The molecular weight excluding hydrogens is 769 g/mol. The Bertz CT molecular complexity index is 1400. The van der Waals surface area contributed by atoms with E-state index < -0.39 is 6.10 Å². The number of unbranched alkanes of at least 4 members (excludes halogenated alkanes) is 14. The van der Waals surface area contributed by atoms with Crippen LogP contribution in [-0.2, 0) is 28.6 Å². The Kier molecular flexibility index (Phi) is 45.7. The predicted molar refractivity (Wildman–Crippen MR) is 265 cm³/mol. The molecule has 1 unspecified atom stereocenters. The summed E-state index contributed by atoms with van der Waals surface area (Å²) in [4.78, 5) is 37.9. The van der Waals surface area contributed by atoms with Crippen LogP contribution in [0.15, 0.2) is 134 Å². The molecule has 0 rings (SSSR count). The van der Waals surface area contributed by atoms with E-state index in [1.54, 1.807) is 0 Å². The molecule has 6 heteroatoms. The van der Waals surface area contributed by atoms with Crippen molar-refractivity contribution in [1.82, 2.24) is 0 Å². The molecule has 0 aliphatic rings. The van der Waals surface area contributed by atoms with Crippen molar-refractivity contribution >= 4 is 17.9 Å². The maximum Gasteiger partial charge on any atom is 0.306 e. The summed E-state index contributed by atoms with van der Waals surface area (Å²) in [7, 11) is 0. The number of allylic oxidation sites excluding steroid dienone is 22. The molecular formula is C56H86O6. The third-order valence-corrected chi connectivity index (χ3v) is 9.57. The second kappa shape index (κ2) is 49.2. The number of carbonyl (C=O) groups is 3. The quantitative estimate of drug-likeness (QED) is 0.0200. The zero-order valence-corrected chi connectivity index (χ0v) is 39.3. The highest BCUT2D eigenvalue weighted by Crippen LogP contribution is 2.13. The van der Waals surface area contributed by atoms with E-state index in [1.807, 2.05) is 54.7 Å². The molecule has 0 N–H and O–H groups in total. The van der Waals surface area contributed by atoms with Gasteiger partial charge in [0.1, 0.15) is 13.2 Å². The molecule has 346 valence electrons. The summed E-state index contributed by atoms with van der Waals surface area (Å²) in [6, 6.07) is 0. The van der Waals surface area contributed by atoms with Crippen molar-refractivity contribution in [2.45, 2.75) is 187 Å². The fraction of sp³-hybridized carbons (Fsp3) is 0.554. The zero-order valence-electron chi connectivity index (χ0n) is 39.3. The van der Waals surface area contributed by atoms with Crippen molar-refractivity contribution < 1.29 is 28.6 Å². The molecule has 0 aromatic carbocycles. The lowest BCUT2D eigenvalue weighted by Crippen LogP contribution is -2.30. The Morgan fingerprint density at radius 2 is 0.677 bits per heavy atom. The summed E-state index contributed by atoms with van der Waals surface area (Å²) in [6.45, 7) is 6.14. The lowest BCUT2D eigenvalue weighted by atomic mass is 10.1. The van der Waals surface area contributed by atoms with Crippen molar-refractivity contribution in [3.05, 3.63) is 134 Å². The summed E-state index contributed by atoms with van der Waals surface area (Å²) in [5.74, 6) is -1.03. The zero-order chi connectivity index (χ0) is 45.1. The molecule has 6 nitrogen and oxygen atoms in total. The van der Waals surface area contributed by atoms with Crippen molar-refractivity contribution in [1.29, 1.82) is 0 Å². The Hall–Kier alpha value is -4.45. The van der Waals surface area contributed by atoms with Gasteiger partial charge in [-0.3, -0.25) is 14.4 Å². The smallest absolute Gasteiger partial charge is 0.306 e. The van der Waals surface area contributed by atoms with Crippen LogP contribution in [0, 0.1) is 0 Å². The molecule has 62 heavy (non-hydrogen) atoms. The van der Waals surface area contributed by atoms with Crippen molar-refractivity contribution in [3.8, 4) is 0 Å². The normalized spacial score (nSPS) is 13.3. The molecule has 0 spiro atoms. The lowest BCUT2D eigenvalue weighted by Gasteiger charge is -2.18. The van der Waals surface area contributed by atoms with Crippen LogP contribution in [0.3, 0.4) is 0 Å². The van der Waals surface area contributed by atoms with Gasteiger partial charge in [0.2, 0.25) is 0 Å². The maximum absolute atomic E-state index is 12.8. The predicted octanol–water partition coefficient (Wildman–Crippen LogP) is 15.9. The summed E-state index contributed by atoms with van der Waals surface area (Å²) in [6.07, 6.45) is 68.7. The Morgan fingerprint density at radius 3 is 1.16 bits per heavy atom. The lowest BCUT2D eigenvalue weighted by molar-refractivity contribution is -0.167. The van der Waals surface area contributed by atoms with Crippen LogP contribution in [0.2, 0.25) is 0 Å². The summed E-state index contributed by atoms with van der Waals surface area (Å²) < 4.78 is 16.7. The molecule has 0 aliphatic heterocycles. The molecule has 0 saturated carbocycles. The standard InChI is InChI=1S/C56H86O6/c1-4-7-10-13-16-19-22-25-27-29-31-34-37-40-43-46-49-55(58)61-52-53(51-60-54(57)48-45-42-39-36-33-30-24-21-18-15-12-9-6-3)62-56(59)50-47-44-41-38-35-32-28-26-23-20-17-14-11-8-5-2/h7-12,14-21,23-25,27,30,33,36,39,53H,4-6,13,22,26,28-29,31-32,34-35,37-38,40-52H2,1-3H3/b10-7-,11-8-,12-9-,17-14-,18-15-,19-16-,23-20-,24-21-,27-25-,33-30-,39-36-.